The summed E-state index contributed by atoms with van der Waals surface area (Å²) in [6, 6.07) is 13.8. The molecule has 2 aromatic carbocycles. The van der Waals surface area contributed by atoms with Crippen LogP contribution in [0.1, 0.15) is 72.9 Å². The van der Waals surface area contributed by atoms with E-state index in [2.05, 4.69) is 27.8 Å². The van der Waals surface area contributed by atoms with E-state index in [1.54, 1.807) is 6.07 Å². The highest BCUT2D eigenvalue weighted by Gasteiger charge is 2.33. The Labute approximate surface area is 209 Å². The summed E-state index contributed by atoms with van der Waals surface area (Å²) in [6.07, 6.45) is 9.34. The third kappa shape index (κ3) is 5.83. The summed E-state index contributed by atoms with van der Waals surface area (Å²) >= 11 is 0. The van der Waals surface area contributed by atoms with Crippen molar-refractivity contribution < 1.29 is 17.9 Å². The molecule has 2 aromatic rings. The van der Waals surface area contributed by atoms with Crippen molar-refractivity contribution in [2.45, 2.75) is 64.4 Å². The molecule has 2 heterocycles. The molecule has 1 saturated carbocycles. The summed E-state index contributed by atoms with van der Waals surface area (Å²) in [5.74, 6) is 1.51. The third-order valence-electron chi connectivity index (χ3n) is 7.95. The van der Waals surface area contributed by atoms with Gasteiger partial charge in [-0.1, -0.05) is 43.5 Å². The van der Waals surface area contributed by atoms with Gasteiger partial charge in [0.2, 0.25) is 10.0 Å². The molecule has 188 valence electrons. The van der Waals surface area contributed by atoms with Gasteiger partial charge in [-0.3, -0.25) is 4.79 Å². The van der Waals surface area contributed by atoms with Crippen molar-refractivity contribution in [3.63, 3.8) is 0 Å². The molecule has 2 aliphatic heterocycles. The van der Waals surface area contributed by atoms with Gasteiger partial charge in [-0.2, -0.15) is 0 Å². The molecule has 2 bridgehead atoms. The van der Waals surface area contributed by atoms with Gasteiger partial charge in [0.1, 0.15) is 12.4 Å². The van der Waals surface area contributed by atoms with Crippen LogP contribution in [0.3, 0.4) is 0 Å². The molecule has 0 unspecified atom stereocenters. The van der Waals surface area contributed by atoms with E-state index in [-0.39, 0.29) is 5.75 Å². The molecule has 0 saturated heterocycles. The lowest BCUT2D eigenvalue weighted by Crippen LogP contribution is -2.39. The highest BCUT2D eigenvalue weighted by atomic mass is 32.2. The molecule has 3 aliphatic rings. The van der Waals surface area contributed by atoms with Gasteiger partial charge in [-0.15, -0.1) is 0 Å². The highest BCUT2D eigenvalue weighted by Crippen LogP contribution is 2.41. The van der Waals surface area contributed by atoms with E-state index in [4.69, 9.17) is 4.74 Å². The number of carbonyl (C=O) groups excluding carboxylic acids is 1. The fourth-order valence-electron chi connectivity index (χ4n) is 5.72. The molecule has 6 nitrogen and oxygen atoms in total. The number of benzene rings is 2. The molecule has 2 atom stereocenters. The Morgan fingerprint density at radius 2 is 1.71 bits per heavy atom. The molecule has 35 heavy (non-hydrogen) atoms. The number of ether oxygens (including phenoxy) is 1. The zero-order chi connectivity index (χ0) is 24.3. The second-order valence-electron chi connectivity index (χ2n) is 10.3. The Bertz CT molecular complexity index is 1160. The van der Waals surface area contributed by atoms with Gasteiger partial charge in [0, 0.05) is 18.7 Å². The fourth-order valence-corrected chi connectivity index (χ4v) is 6.81. The van der Waals surface area contributed by atoms with Gasteiger partial charge < -0.3 is 9.64 Å². The minimum atomic E-state index is -3.65. The molecule has 1 amide bonds. The van der Waals surface area contributed by atoms with Crippen molar-refractivity contribution in [3.05, 3.63) is 59.2 Å². The van der Waals surface area contributed by atoms with Crippen LogP contribution in [0.5, 0.6) is 5.75 Å². The normalized spacial score (nSPS) is 25.1. The first-order chi connectivity index (χ1) is 17.0. The van der Waals surface area contributed by atoms with Crippen LogP contribution in [0, 0.1) is 11.8 Å². The molecule has 1 aliphatic carbocycles. The predicted molar refractivity (Wildman–Crippen MR) is 138 cm³/mol. The van der Waals surface area contributed by atoms with Crippen LogP contribution in [0.25, 0.3) is 0 Å². The summed E-state index contributed by atoms with van der Waals surface area (Å²) in [4.78, 5) is 15.3. The number of hydrogen-bond acceptors (Lipinski definition) is 5. The maximum absolute atomic E-state index is 12.9. The van der Waals surface area contributed by atoms with E-state index < -0.39 is 15.9 Å². The van der Waals surface area contributed by atoms with E-state index >= 15 is 0 Å². The average molecular weight is 497 g/mol. The molecule has 0 spiro atoms. The summed E-state index contributed by atoms with van der Waals surface area (Å²) in [6.45, 7) is 2.32. The van der Waals surface area contributed by atoms with Crippen molar-refractivity contribution in [2.75, 3.05) is 23.7 Å². The topological polar surface area (TPSA) is 75.7 Å². The van der Waals surface area contributed by atoms with Crippen LogP contribution in [-0.4, -0.2) is 33.2 Å². The lowest BCUT2D eigenvalue weighted by molar-refractivity contribution is 0.0981. The molecular weight excluding hydrogens is 460 g/mol. The second kappa shape index (κ2) is 10.6. The highest BCUT2D eigenvalue weighted by molar-refractivity contribution is 7.90. The number of sulfonamides is 1. The Kier molecular flexibility index (Phi) is 7.32. The summed E-state index contributed by atoms with van der Waals surface area (Å²) in [7, 11) is -3.65. The van der Waals surface area contributed by atoms with Gasteiger partial charge in [0.05, 0.1) is 11.4 Å². The van der Waals surface area contributed by atoms with Gasteiger partial charge in [0.15, 0.2) is 0 Å². The number of rotatable bonds is 0. The Morgan fingerprint density at radius 3 is 2.54 bits per heavy atom. The van der Waals surface area contributed by atoms with Crippen LogP contribution >= 0.6 is 0 Å². The SMILES string of the molecule is O=C1NS(=O)(=O)CCCCC[C@@H]2CC[C@H]2CN2CCCCc3ccccc3COc3ccc1cc32. The largest absolute Gasteiger partial charge is 0.487 e. The van der Waals surface area contributed by atoms with E-state index in [1.165, 1.54) is 24.0 Å². The Hall–Kier alpha value is -2.54. The lowest BCUT2D eigenvalue weighted by atomic mass is 9.71. The summed E-state index contributed by atoms with van der Waals surface area (Å²) < 4.78 is 33.7. The Morgan fingerprint density at radius 1 is 0.886 bits per heavy atom. The fraction of sp³-hybridized carbons (Fsp3) is 0.536. The van der Waals surface area contributed by atoms with E-state index in [0.717, 1.165) is 63.1 Å². The minimum absolute atomic E-state index is 0.00752. The Balaban J connectivity index is 1.51. The smallest absolute Gasteiger partial charge is 0.264 e. The summed E-state index contributed by atoms with van der Waals surface area (Å²) in [5, 5.41) is 0. The van der Waals surface area contributed by atoms with Gasteiger partial charge in [0.25, 0.3) is 5.91 Å². The number of anilines is 1. The third-order valence-corrected chi connectivity index (χ3v) is 9.28. The van der Waals surface area contributed by atoms with Crippen LogP contribution in [-0.2, 0) is 23.1 Å². The molecule has 1 fully saturated rings. The van der Waals surface area contributed by atoms with Crippen LogP contribution in [0.15, 0.2) is 42.5 Å². The first kappa shape index (κ1) is 24.2. The zero-order valence-corrected chi connectivity index (χ0v) is 21.2. The number of carbonyl (C=O) groups is 1. The van der Waals surface area contributed by atoms with E-state index in [1.807, 2.05) is 18.2 Å². The molecule has 5 rings (SSSR count). The maximum atomic E-state index is 12.9. The number of nitrogens with zero attached hydrogens (tertiary/aromatic N) is 1. The molecule has 0 radical (unpaired) electrons. The number of hydrogen-bond donors (Lipinski definition) is 1. The van der Waals surface area contributed by atoms with Gasteiger partial charge in [-0.05, 0) is 79.7 Å². The number of nitrogens with one attached hydrogen (secondary N) is 1. The van der Waals surface area contributed by atoms with Crippen molar-refractivity contribution in [1.82, 2.24) is 4.72 Å². The second-order valence-corrected chi connectivity index (χ2v) is 12.2. The maximum Gasteiger partial charge on any atom is 0.264 e. The first-order valence-corrected chi connectivity index (χ1v) is 14.8. The molecular formula is C28H36N2O4S. The molecule has 7 heteroatoms. The monoisotopic (exact) mass is 496 g/mol. The van der Waals surface area contributed by atoms with E-state index in [0.29, 0.717) is 30.4 Å². The van der Waals surface area contributed by atoms with E-state index in [9.17, 15) is 13.2 Å². The number of aryl methyl sites for hydroxylation is 1. The zero-order valence-electron chi connectivity index (χ0n) is 20.4. The van der Waals surface area contributed by atoms with Crippen LogP contribution < -0.4 is 14.4 Å². The van der Waals surface area contributed by atoms with Crippen LogP contribution in [0.2, 0.25) is 0 Å². The van der Waals surface area contributed by atoms with Crippen LogP contribution in [0.4, 0.5) is 5.69 Å². The van der Waals surface area contributed by atoms with Gasteiger partial charge in [-0.25, -0.2) is 13.1 Å². The number of fused-ring (bicyclic) bond motifs is 3. The standard InChI is InChI=1S/C28H36N2O4S/c31-28-23-14-15-27-26(18-23)30(16-6-5-10-21-9-3-4-11-25(21)20-34-27)19-24-13-12-22(24)8-2-1-7-17-35(32,33)29-28/h3-4,9,11,14-15,18,22,24H,1-2,5-8,10,12-13,16-17,19-20H2,(H,29,31)/t22-,24+/m1/s1. The first-order valence-electron chi connectivity index (χ1n) is 13.1. The van der Waals surface area contributed by atoms with Gasteiger partial charge >= 0.3 is 0 Å². The average Bonchev–Trinajstić information content (AvgIpc) is 2.86. The quantitative estimate of drug-likeness (QED) is 0.551. The van der Waals surface area contributed by atoms with Crippen molar-refractivity contribution >= 4 is 21.6 Å². The summed E-state index contributed by atoms with van der Waals surface area (Å²) in [5.41, 5.74) is 3.78. The van der Waals surface area contributed by atoms with Crippen molar-refractivity contribution in [3.8, 4) is 5.75 Å². The molecule has 1 N–H and O–H groups in total. The van der Waals surface area contributed by atoms with Crippen molar-refractivity contribution in [1.29, 1.82) is 0 Å². The minimum Gasteiger partial charge on any atom is -0.487 e. The lowest BCUT2D eigenvalue weighted by Gasteiger charge is -2.41. The molecule has 0 aromatic heterocycles. The number of amides is 1. The van der Waals surface area contributed by atoms with Crippen molar-refractivity contribution in [2.24, 2.45) is 11.8 Å². The predicted octanol–water partition coefficient (Wildman–Crippen LogP) is 5.07.